The summed E-state index contributed by atoms with van der Waals surface area (Å²) in [7, 11) is 1.62. The molecule has 6 heteroatoms. The Kier molecular flexibility index (Phi) is 3.52. The van der Waals surface area contributed by atoms with E-state index >= 15 is 0 Å². The molecule has 0 bridgehead atoms. The summed E-state index contributed by atoms with van der Waals surface area (Å²) >= 11 is 0. The van der Waals surface area contributed by atoms with Gasteiger partial charge in [0.25, 0.3) is 0 Å². The van der Waals surface area contributed by atoms with Gasteiger partial charge in [-0.3, -0.25) is 0 Å². The third kappa shape index (κ3) is 2.96. The van der Waals surface area contributed by atoms with E-state index < -0.39 is 0 Å². The summed E-state index contributed by atoms with van der Waals surface area (Å²) in [6.07, 6.45) is 3.90. The Bertz CT molecular complexity index is 450. The zero-order valence-electron chi connectivity index (χ0n) is 11.1. The summed E-state index contributed by atoms with van der Waals surface area (Å²) in [5.74, 6) is 2.55. The molecule has 3 N–H and O–H groups in total. The van der Waals surface area contributed by atoms with Crippen LogP contribution in [0.15, 0.2) is 6.07 Å². The first-order chi connectivity index (χ1) is 9.26. The largest absolute Gasteiger partial charge is 0.384 e. The number of ether oxygens (including phenoxy) is 2. The third-order valence-corrected chi connectivity index (χ3v) is 3.62. The first kappa shape index (κ1) is 12.6. The molecule has 1 aliphatic carbocycles. The fourth-order valence-corrected chi connectivity index (χ4v) is 2.63. The highest BCUT2D eigenvalue weighted by Crippen LogP contribution is 2.39. The number of methoxy groups -OCH3 is 1. The highest BCUT2D eigenvalue weighted by molar-refractivity contribution is 5.45. The Hall–Kier alpha value is -1.40. The van der Waals surface area contributed by atoms with E-state index in [9.17, 15) is 0 Å². The van der Waals surface area contributed by atoms with Crippen LogP contribution < -0.4 is 11.1 Å². The van der Waals surface area contributed by atoms with Crippen LogP contribution in [-0.4, -0.2) is 35.8 Å². The number of hydrogen-bond donors (Lipinski definition) is 2. The van der Waals surface area contributed by atoms with Crippen LogP contribution in [0.3, 0.4) is 0 Å². The van der Waals surface area contributed by atoms with Crippen molar-refractivity contribution in [1.29, 1.82) is 0 Å². The maximum Gasteiger partial charge on any atom is 0.158 e. The average Bonchev–Trinajstić information content (AvgIpc) is 3.10. The van der Waals surface area contributed by atoms with Gasteiger partial charge in [0.2, 0.25) is 0 Å². The molecule has 104 valence electrons. The van der Waals surface area contributed by atoms with Crippen LogP contribution in [-0.2, 0) is 16.1 Å². The molecule has 0 spiro atoms. The van der Waals surface area contributed by atoms with Gasteiger partial charge in [-0.1, -0.05) is 0 Å². The number of nitrogens with zero attached hydrogens (tertiary/aromatic N) is 2. The number of anilines is 2. The van der Waals surface area contributed by atoms with Crippen molar-refractivity contribution in [1.82, 2.24) is 9.97 Å². The SMILES string of the molecule is COCc1nc(N)cc(NC2CCOC2C2CC2)n1. The summed E-state index contributed by atoms with van der Waals surface area (Å²) < 4.78 is 10.9. The Morgan fingerprint density at radius 3 is 3.00 bits per heavy atom. The topological polar surface area (TPSA) is 82.3 Å². The molecule has 6 nitrogen and oxygen atoms in total. The number of rotatable bonds is 5. The molecular weight excluding hydrogens is 244 g/mol. The van der Waals surface area contributed by atoms with E-state index in [0.29, 0.717) is 30.4 Å². The minimum absolute atomic E-state index is 0.321. The molecule has 19 heavy (non-hydrogen) atoms. The number of nitrogens with two attached hydrogens (primary N) is 1. The Balaban J connectivity index is 1.71. The van der Waals surface area contributed by atoms with Gasteiger partial charge in [-0.15, -0.1) is 0 Å². The minimum atomic E-state index is 0.321. The predicted molar refractivity (Wildman–Crippen MR) is 71.6 cm³/mol. The van der Waals surface area contributed by atoms with Gasteiger partial charge in [-0.05, 0) is 25.2 Å². The van der Waals surface area contributed by atoms with Crippen molar-refractivity contribution in [3.8, 4) is 0 Å². The van der Waals surface area contributed by atoms with E-state index in [1.165, 1.54) is 12.8 Å². The molecular formula is C13H20N4O2. The average molecular weight is 264 g/mol. The van der Waals surface area contributed by atoms with Gasteiger partial charge in [0.1, 0.15) is 18.2 Å². The third-order valence-electron chi connectivity index (χ3n) is 3.62. The van der Waals surface area contributed by atoms with Crippen molar-refractivity contribution < 1.29 is 9.47 Å². The van der Waals surface area contributed by atoms with Crippen molar-refractivity contribution in [2.75, 3.05) is 24.8 Å². The molecule has 0 amide bonds. The van der Waals surface area contributed by atoms with Crippen molar-refractivity contribution in [2.24, 2.45) is 5.92 Å². The summed E-state index contributed by atoms with van der Waals surface area (Å²) in [5.41, 5.74) is 5.79. The van der Waals surface area contributed by atoms with Crippen molar-refractivity contribution >= 4 is 11.6 Å². The molecule has 3 rings (SSSR count). The summed E-state index contributed by atoms with van der Waals surface area (Å²) in [6, 6.07) is 2.10. The Morgan fingerprint density at radius 1 is 1.42 bits per heavy atom. The molecule has 2 heterocycles. The van der Waals surface area contributed by atoms with Gasteiger partial charge in [0.15, 0.2) is 5.82 Å². The van der Waals surface area contributed by atoms with Crippen LogP contribution in [0.1, 0.15) is 25.1 Å². The molecule has 0 radical (unpaired) electrons. The lowest BCUT2D eigenvalue weighted by Crippen LogP contribution is -2.31. The fourth-order valence-electron chi connectivity index (χ4n) is 2.63. The lowest BCUT2D eigenvalue weighted by atomic mass is 10.1. The van der Waals surface area contributed by atoms with E-state index in [0.717, 1.165) is 24.8 Å². The predicted octanol–water partition coefficient (Wildman–Crippen LogP) is 1.18. The standard InChI is InChI=1S/C13H20N4O2/c1-18-7-12-16-10(14)6-11(17-12)15-9-4-5-19-13(9)8-2-3-8/h6,8-9,13H,2-5,7H2,1H3,(H3,14,15,16,17). The van der Waals surface area contributed by atoms with E-state index in [1.54, 1.807) is 13.2 Å². The van der Waals surface area contributed by atoms with Crippen LogP contribution in [0.25, 0.3) is 0 Å². The Morgan fingerprint density at radius 2 is 2.26 bits per heavy atom. The second-order valence-corrected chi connectivity index (χ2v) is 5.24. The van der Waals surface area contributed by atoms with Crippen LogP contribution in [0.5, 0.6) is 0 Å². The highest BCUT2D eigenvalue weighted by atomic mass is 16.5. The van der Waals surface area contributed by atoms with Crippen molar-refractivity contribution in [3.63, 3.8) is 0 Å². The Labute approximate surface area is 112 Å². The monoisotopic (exact) mass is 264 g/mol. The van der Waals surface area contributed by atoms with E-state index in [4.69, 9.17) is 15.2 Å². The highest BCUT2D eigenvalue weighted by Gasteiger charge is 2.40. The van der Waals surface area contributed by atoms with Crippen LogP contribution in [0.2, 0.25) is 0 Å². The lowest BCUT2D eigenvalue weighted by molar-refractivity contribution is 0.0898. The normalized spacial score (nSPS) is 26.6. The summed E-state index contributed by atoms with van der Waals surface area (Å²) in [4.78, 5) is 8.55. The molecule has 1 saturated carbocycles. The van der Waals surface area contributed by atoms with E-state index in [1.807, 2.05) is 0 Å². The molecule has 0 aromatic carbocycles. The van der Waals surface area contributed by atoms with Gasteiger partial charge >= 0.3 is 0 Å². The second kappa shape index (κ2) is 5.30. The van der Waals surface area contributed by atoms with Crippen LogP contribution in [0.4, 0.5) is 11.6 Å². The number of hydrogen-bond acceptors (Lipinski definition) is 6. The maximum absolute atomic E-state index is 5.81. The fraction of sp³-hybridized carbons (Fsp3) is 0.692. The number of aromatic nitrogens is 2. The van der Waals surface area contributed by atoms with Gasteiger partial charge in [-0.25, -0.2) is 9.97 Å². The van der Waals surface area contributed by atoms with Gasteiger partial charge in [-0.2, -0.15) is 0 Å². The first-order valence-corrected chi connectivity index (χ1v) is 6.77. The first-order valence-electron chi connectivity index (χ1n) is 6.77. The molecule has 1 aliphatic heterocycles. The number of nitrogens with one attached hydrogen (secondary N) is 1. The zero-order chi connectivity index (χ0) is 13.2. The smallest absolute Gasteiger partial charge is 0.158 e. The van der Waals surface area contributed by atoms with Crippen molar-refractivity contribution in [3.05, 3.63) is 11.9 Å². The van der Waals surface area contributed by atoms with E-state index in [2.05, 4.69) is 15.3 Å². The minimum Gasteiger partial charge on any atom is -0.384 e. The van der Waals surface area contributed by atoms with Crippen LogP contribution >= 0.6 is 0 Å². The lowest BCUT2D eigenvalue weighted by Gasteiger charge is -2.20. The van der Waals surface area contributed by atoms with Gasteiger partial charge in [0.05, 0.1) is 12.1 Å². The van der Waals surface area contributed by atoms with E-state index in [-0.39, 0.29) is 0 Å². The summed E-state index contributed by atoms with van der Waals surface area (Å²) in [5, 5.41) is 3.44. The molecule has 1 saturated heterocycles. The molecule has 1 aromatic rings. The quantitative estimate of drug-likeness (QED) is 0.831. The molecule has 2 atom stereocenters. The molecule has 2 aliphatic rings. The van der Waals surface area contributed by atoms with Gasteiger partial charge < -0.3 is 20.5 Å². The molecule has 2 fully saturated rings. The summed E-state index contributed by atoms with van der Waals surface area (Å²) in [6.45, 7) is 1.19. The van der Waals surface area contributed by atoms with Gasteiger partial charge in [0, 0.05) is 19.8 Å². The van der Waals surface area contributed by atoms with Crippen LogP contribution in [0, 0.1) is 5.92 Å². The maximum atomic E-state index is 5.81. The van der Waals surface area contributed by atoms with Crippen molar-refractivity contribution in [2.45, 2.75) is 38.0 Å². The zero-order valence-corrected chi connectivity index (χ0v) is 11.1. The molecule has 2 unspecified atom stereocenters. The second-order valence-electron chi connectivity index (χ2n) is 5.24. The molecule has 1 aromatic heterocycles. The number of nitrogen functional groups attached to an aromatic ring is 1.